The summed E-state index contributed by atoms with van der Waals surface area (Å²) in [7, 11) is 0. The Balaban J connectivity index is 1.53. The molecule has 42 heavy (non-hydrogen) atoms. The Morgan fingerprint density at radius 2 is 1.79 bits per heavy atom. The van der Waals surface area contributed by atoms with Crippen molar-refractivity contribution in [3.8, 4) is 11.6 Å². The number of aliphatic hydroxyl groups is 1. The molecule has 0 aliphatic carbocycles. The van der Waals surface area contributed by atoms with Gasteiger partial charge in [-0.25, -0.2) is 24.1 Å². The van der Waals surface area contributed by atoms with Gasteiger partial charge in [0.05, 0.1) is 12.2 Å². The van der Waals surface area contributed by atoms with E-state index in [-0.39, 0.29) is 29.7 Å². The lowest BCUT2D eigenvalue weighted by atomic mass is 9.85. The molecule has 2 amide bonds. The molecule has 1 atom stereocenters. The fourth-order valence-electron chi connectivity index (χ4n) is 4.50. The normalized spacial score (nSPS) is 15.5. The van der Waals surface area contributed by atoms with E-state index in [9.17, 15) is 32.3 Å². The Bertz CT molecular complexity index is 1410. The molecular weight excluding hydrogens is 562 g/mol. The standard InChI is InChI=1S/C28H29F4N5O5/c1-17-33-14-22(27(40,15-34-18(2)38)16-41-24-5-3-4-23(36-24)28(30,31)32)25(35-17)19-10-12-37(13-11-19)26(39)42-21-8-6-20(29)7-9-21/h3-9,14,19,40H,10-13,15-16H2,1-2H3,(H,34,38). The summed E-state index contributed by atoms with van der Waals surface area (Å²) in [6.45, 7) is 2.60. The lowest BCUT2D eigenvalue weighted by Gasteiger charge is -2.35. The third-order valence-corrected chi connectivity index (χ3v) is 6.70. The van der Waals surface area contributed by atoms with Crippen molar-refractivity contribution in [3.05, 3.63) is 77.3 Å². The minimum absolute atomic E-state index is 0.204. The van der Waals surface area contributed by atoms with E-state index < -0.39 is 41.9 Å². The molecule has 1 aliphatic rings. The quantitative estimate of drug-likeness (QED) is 0.375. The SMILES string of the molecule is CC(=O)NCC(O)(COc1cccc(C(F)(F)F)n1)c1cnc(C)nc1C1CCN(C(=O)Oc2ccc(F)cc2)CC1. The molecule has 1 saturated heterocycles. The van der Waals surface area contributed by atoms with Gasteiger partial charge < -0.3 is 24.8 Å². The summed E-state index contributed by atoms with van der Waals surface area (Å²) < 4.78 is 63.4. The Morgan fingerprint density at radius 1 is 1.10 bits per heavy atom. The number of likely N-dealkylation sites (tertiary alicyclic amines) is 1. The molecule has 1 aromatic carbocycles. The number of piperidine rings is 1. The molecular formula is C28H29F4N5O5. The summed E-state index contributed by atoms with van der Waals surface area (Å²) >= 11 is 0. The lowest BCUT2D eigenvalue weighted by Crippen LogP contribution is -2.46. The maximum atomic E-state index is 13.2. The van der Waals surface area contributed by atoms with Crippen molar-refractivity contribution in [1.29, 1.82) is 0 Å². The molecule has 3 aromatic rings. The molecule has 1 unspecified atom stereocenters. The lowest BCUT2D eigenvalue weighted by molar-refractivity contribution is -0.141. The van der Waals surface area contributed by atoms with Gasteiger partial charge >= 0.3 is 12.3 Å². The third kappa shape index (κ3) is 7.69. The van der Waals surface area contributed by atoms with Crippen LogP contribution in [0.1, 0.15) is 48.5 Å². The van der Waals surface area contributed by atoms with E-state index in [0.717, 1.165) is 12.1 Å². The Hall–Kier alpha value is -4.33. The zero-order valence-corrected chi connectivity index (χ0v) is 22.8. The molecule has 3 heterocycles. The fraction of sp³-hybridized carbons (Fsp3) is 0.393. The van der Waals surface area contributed by atoms with Gasteiger partial charge in [-0.15, -0.1) is 0 Å². The summed E-state index contributed by atoms with van der Waals surface area (Å²) in [6.07, 6.45) is -3.01. The number of nitrogens with zero attached hydrogens (tertiary/aromatic N) is 4. The monoisotopic (exact) mass is 591 g/mol. The zero-order valence-electron chi connectivity index (χ0n) is 22.8. The maximum absolute atomic E-state index is 13.2. The van der Waals surface area contributed by atoms with Crippen LogP contribution >= 0.6 is 0 Å². The number of hydrogen-bond acceptors (Lipinski definition) is 8. The second-order valence-electron chi connectivity index (χ2n) is 9.89. The molecule has 2 N–H and O–H groups in total. The van der Waals surface area contributed by atoms with Crippen molar-refractivity contribution >= 4 is 12.0 Å². The average molecular weight is 592 g/mol. The molecule has 14 heteroatoms. The van der Waals surface area contributed by atoms with Crippen LogP contribution in [0.2, 0.25) is 0 Å². The molecule has 2 aromatic heterocycles. The molecule has 10 nitrogen and oxygen atoms in total. The topological polar surface area (TPSA) is 127 Å². The van der Waals surface area contributed by atoms with E-state index in [2.05, 4.69) is 20.3 Å². The molecule has 0 saturated carbocycles. The number of amides is 2. The highest BCUT2D eigenvalue weighted by Gasteiger charge is 2.38. The first-order valence-corrected chi connectivity index (χ1v) is 13.0. The van der Waals surface area contributed by atoms with Crippen molar-refractivity contribution in [3.63, 3.8) is 0 Å². The first-order chi connectivity index (χ1) is 19.8. The van der Waals surface area contributed by atoms with Gasteiger partial charge in [0.25, 0.3) is 0 Å². The number of pyridine rings is 1. The number of carbonyl (C=O) groups excluding carboxylic acids is 2. The van der Waals surface area contributed by atoms with Gasteiger partial charge in [0.15, 0.2) is 0 Å². The van der Waals surface area contributed by atoms with E-state index in [1.807, 2.05) is 0 Å². The fourth-order valence-corrected chi connectivity index (χ4v) is 4.50. The van der Waals surface area contributed by atoms with Crippen LogP contribution in [0.5, 0.6) is 11.6 Å². The molecule has 224 valence electrons. The zero-order chi connectivity index (χ0) is 30.5. The van der Waals surface area contributed by atoms with Crippen LogP contribution in [0, 0.1) is 12.7 Å². The minimum atomic E-state index is -4.69. The summed E-state index contributed by atoms with van der Waals surface area (Å²) in [5.74, 6) is -0.903. The number of aryl methyl sites for hydroxylation is 1. The van der Waals surface area contributed by atoms with Crippen LogP contribution in [0.15, 0.2) is 48.7 Å². The van der Waals surface area contributed by atoms with E-state index in [0.29, 0.717) is 37.4 Å². The molecule has 1 aliphatic heterocycles. The van der Waals surface area contributed by atoms with E-state index in [1.165, 1.54) is 48.4 Å². The van der Waals surface area contributed by atoms with Gasteiger partial charge in [-0.1, -0.05) is 6.07 Å². The number of hydrogen-bond donors (Lipinski definition) is 2. The number of rotatable bonds is 8. The highest BCUT2D eigenvalue weighted by atomic mass is 19.4. The Kier molecular flexibility index (Phi) is 9.24. The number of ether oxygens (including phenoxy) is 2. The average Bonchev–Trinajstić information content (AvgIpc) is 2.96. The van der Waals surface area contributed by atoms with Gasteiger partial charge in [-0.05, 0) is 50.1 Å². The number of aromatic nitrogens is 3. The molecule has 0 spiro atoms. The molecule has 4 rings (SSSR count). The summed E-state index contributed by atoms with van der Waals surface area (Å²) in [5, 5.41) is 14.3. The van der Waals surface area contributed by atoms with Crippen LogP contribution in [-0.4, -0.2) is 63.2 Å². The summed E-state index contributed by atoms with van der Waals surface area (Å²) in [6, 6.07) is 8.22. The van der Waals surface area contributed by atoms with Crippen LogP contribution in [0.4, 0.5) is 22.4 Å². The van der Waals surface area contributed by atoms with Crippen LogP contribution in [0.3, 0.4) is 0 Å². The van der Waals surface area contributed by atoms with Gasteiger partial charge in [-0.3, -0.25) is 4.79 Å². The maximum Gasteiger partial charge on any atom is 0.433 e. The van der Waals surface area contributed by atoms with Gasteiger partial charge in [0.1, 0.15) is 35.3 Å². The third-order valence-electron chi connectivity index (χ3n) is 6.70. The van der Waals surface area contributed by atoms with Crippen molar-refractivity contribution in [1.82, 2.24) is 25.2 Å². The van der Waals surface area contributed by atoms with Crippen LogP contribution < -0.4 is 14.8 Å². The number of carbonyl (C=O) groups is 2. The second-order valence-corrected chi connectivity index (χ2v) is 9.89. The number of nitrogens with one attached hydrogen (secondary N) is 1. The van der Waals surface area contributed by atoms with E-state index in [1.54, 1.807) is 6.92 Å². The first-order valence-electron chi connectivity index (χ1n) is 13.0. The Labute approximate surface area is 238 Å². The van der Waals surface area contributed by atoms with Crippen LogP contribution in [-0.2, 0) is 16.6 Å². The Morgan fingerprint density at radius 3 is 2.43 bits per heavy atom. The van der Waals surface area contributed by atoms with Gasteiger partial charge in [-0.2, -0.15) is 13.2 Å². The van der Waals surface area contributed by atoms with Crippen molar-refractivity contribution < 1.29 is 41.7 Å². The largest absolute Gasteiger partial charge is 0.474 e. The highest BCUT2D eigenvalue weighted by molar-refractivity contribution is 5.73. The smallest absolute Gasteiger partial charge is 0.433 e. The van der Waals surface area contributed by atoms with Crippen molar-refractivity contribution in [2.75, 3.05) is 26.2 Å². The second kappa shape index (κ2) is 12.7. The van der Waals surface area contributed by atoms with Gasteiger partial charge in [0.2, 0.25) is 11.8 Å². The van der Waals surface area contributed by atoms with E-state index in [4.69, 9.17) is 9.47 Å². The van der Waals surface area contributed by atoms with Crippen molar-refractivity contribution in [2.45, 2.75) is 44.4 Å². The molecule has 0 bridgehead atoms. The summed E-state index contributed by atoms with van der Waals surface area (Å²) in [5.41, 5.74) is -2.42. The van der Waals surface area contributed by atoms with Gasteiger partial charge in [0, 0.05) is 43.8 Å². The molecule has 0 radical (unpaired) electrons. The summed E-state index contributed by atoms with van der Waals surface area (Å²) in [4.78, 5) is 38.1. The minimum Gasteiger partial charge on any atom is -0.474 e. The van der Waals surface area contributed by atoms with Crippen molar-refractivity contribution in [2.24, 2.45) is 0 Å². The number of benzene rings is 1. The number of alkyl halides is 3. The predicted molar refractivity (Wildman–Crippen MR) is 140 cm³/mol. The molecule has 1 fully saturated rings. The predicted octanol–water partition coefficient (Wildman–Crippen LogP) is 4.12. The first kappa shape index (κ1) is 30.6. The van der Waals surface area contributed by atoms with E-state index >= 15 is 0 Å². The number of halogens is 4. The highest BCUT2D eigenvalue weighted by Crippen LogP contribution is 2.35. The van der Waals surface area contributed by atoms with Crippen LogP contribution in [0.25, 0.3) is 0 Å².